The van der Waals surface area contributed by atoms with Gasteiger partial charge in [0.05, 0.1) is 12.7 Å². The Kier molecular flexibility index (Phi) is 5.20. The predicted octanol–water partition coefficient (Wildman–Crippen LogP) is 0.238. The van der Waals surface area contributed by atoms with E-state index in [1.807, 2.05) is 0 Å². The first-order valence-electron chi connectivity index (χ1n) is 7.37. The molecule has 0 saturated carbocycles. The van der Waals surface area contributed by atoms with Crippen LogP contribution in [0.3, 0.4) is 0 Å². The van der Waals surface area contributed by atoms with Gasteiger partial charge in [-0.05, 0) is 13.0 Å². The summed E-state index contributed by atoms with van der Waals surface area (Å²) in [6.45, 7) is 1.61. The van der Waals surface area contributed by atoms with Crippen LogP contribution in [0.5, 0.6) is 0 Å². The van der Waals surface area contributed by atoms with E-state index in [-0.39, 0.29) is 36.0 Å². The van der Waals surface area contributed by atoms with Crippen molar-refractivity contribution in [1.29, 1.82) is 0 Å². The van der Waals surface area contributed by atoms with Crippen LogP contribution in [0.25, 0.3) is 0 Å². The molecule has 10 heteroatoms. The summed E-state index contributed by atoms with van der Waals surface area (Å²) >= 11 is 0. The van der Waals surface area contributed by atoms with Crippen LogP contribution in [0.1, 0.15) is 32.4 Å². The number of likely N-dealkylation sites (N-methyl/N-ethyl adjacent to an activating group) is 1. The molecule has 2 amide bonds. The molecule has 25 heavy (non-hydrogen) atoms. The summed E-state index contributed by atoms with van der Waals surface area (Å²) in [5.41, 5.74) is 0.139. The van der Waals surface area contributed by atoms with Gasteiger partial charge in [0, 0.05) is 21.1 Å². The monoisotopic (exact) mass is 349 g/mol. The maximum atomic E-state index is 12.4. The molecule has 0 aliphatic rings. The van der Waals surface area contributed by atoms with Gasteiger partial charge in [0.1, 0.15) is 23.6 Å². The second-order valence-corrected chi connectivity index (χ2v) is 5.74. The Labute approximate surface area is 143 Å². The van der Waals surface area contributed by atoms with Gasteiger partial charge < -0.3 is 19.3 Å². The van der Waals surface area contributed by atoms with Crippen molar-refractivity contribution in [2.75, 3.05) is 21.1 Å². The Balaban J connectivity index is 2.05. The minimum Gasteiger partial charge on any atom is -0.478 e. The molecule has 0 aliphatic carbocycles. The molecule has 0 spiro atoms. The van der Waals surface area contributed by atoms with Gasteiger partial charge in [0.25, 0.3) is 5.91 Å². The van der Waals surface area contributed by atoms with Crippen LogP contribution in [-0.4, -0.2) is 68.8 Å². The molecule has 2 heterocycles. The van der Waals surface area contributed by atoms with E-state index in [4.69, 9.17) is 9.52 Å². The third-order valence-electron chi connectivity index (χ3n) is 3.49. The van der Waals surface area contributed by atoms with Crippen LogP contribution in [0.15, 0.2) is 16.7 Å². The van der Waals surface area contributed by atoms with E-state index < -0.39 is 11.9 Å². The second kappa shape index (κ2) is 7.16. The predicted molar refractivity (Wildman–Crippen MR) is 84.9 cm³/mol. The number of amides is 2. The smallest absolute Gasteiger partial charge is 0.339 e. The van der Waals surface area contributed by atoms with Gasteiger partial charge in [-0.25, -0.2) is 9.48 Å². The van der Waals surface area contributed by atoms with Crippen LogP contribution in [0.2, 0.25) is 0 Å². The molecule has 1 N–H and O–H groups in total. The summed E-state index contributed by atoms with van der Waals surface area (Å²) in [6.07, 6.45) is 1.39. The van der Waals surface area contributed by atoms with E-state index in [1.54, 1.807) is 21.0 Å². The van der Waals surface area contributed by atoms with Gasteiger partial charge in [-0.3, -0.25) is 9.59 Å². The number of hydrogen-bond acceptors (Lipinski definition) is 6. The zero-order valence-electron chi connectivity index (χ0n) is 14.4. The van der Waals surface area contributed by atoms with Gasteiger partial charge in [0.2, 0.25) is 5.91 Å². The molecule has 0 fully saturated rings. The molecule has 0 aromatic carbocycles. The van der Waals surface area contributed by atoms with E-state index in [9.17, 15) is 14.4 Å². The number of carboxylic acid groups (broad SMARTS) is 1. The first-order valence-corrected chi connectivity index (χ1v) is 7.37. The summed E-state index contributed by atoms with van der Waals surface area (Å²) in [5, 5.41) is 16.6. The Morgan fingerprint density at radius 1 is 1.28 bits per heavy atom. The minimum absolute atomic E-state index is 0.0175. The molecule has 0 aliphatic heterocycles. The maximum absolute atomic E-state index is 12.4. The lowest BCUT2D eigenvalue weighted by atomic mass is 10.2. The van der Waals surface area contributed by atoms with Gasteiger partial charge in [-0.1, -0.05) is 5.21 Å². The normalized spacial score (nSPS) is 10.6. The topological polar surface area (TPSA) is 122 Å². The van der Waals surface area contributed by atoms with E-state index in [1.165, 1.54) is 33.8 Å². The van der Waals surface area contributed by atoms with Crippen molar-refractivity contribution in [2.45, 2.75) is 20.0 Å². The summed E-state index contributed by atoms with van der Waals surface area (Å²) in [4.78, 5) is 37.8. The van der Waals surface area contributed by atoms with Crippen LogP contribution < -0.4 is 0 Å². The number of furan rings is 1. The Bertz CT molecular complexity index is 807. The lowest BCUT2D eigenvalue weighted by Gasteiger charge is -2.13. The highest BCUT2D eigenvalue weighted by Gasteiger charge is 2.20. The number of carbonyl (C=O) groups excluding carboxylic acids is 2. The number of rotatable bonds is 6. The number of aromatic nitrogens is 3. The number of carboxylic acids is 1. The van der Waals surface area contributed by atoms with Gasteiger partial charge in [-0.2, -0.15) is 0 Å². The molecular weight excluding hydrogens is 330 g/mol. The van der Waals surface area contributed by atoms with E-state index in [0.717, 1.165) is 0 Å². The molecule has 0 saturated heterocycles. The molecule has 2 aromatic heterocycles. The fourth-order valence-electron chi connectivity index (χ4n) is 2.09. The molecule has 0 unspecified atom stereocenters. The number of hydrogen-bond donors (Lipinski definition) is 1. The SMILES string of the molecule is Cc1oc(CN(C)C(=O)c2cn(CC(=O)N(C)C)nn2)cc1C(=O)O. The summed E-state index contributed by atoms with van der Waals surface area (Å²) in [7, 11) is 4.77. The van der Waals surface area contributed by atoms with Crippen molar-refractivity contribution in [3.05, 3.63) is 35.0 Å². The quantitative estimate of drug-likeness (QED) is 0.792. The largest absolute Gasteiger partial charge is 0.478 e. The first-order chi connectivity index (χ1) is 11.7. The van der Waals surface area contributed by atoms with Crippen LogP contribution in [-0.2, 0) is 17.9 Å². The Morgan fingerprint density at radius 2 is 1.96 bits per heavy atom. The molecule has 0 atom stereocenters. The highest BCUT2D eigenvalue weighted by molar-refractivity contribution is 5.92. The number of aryl methyl sites for hydroxylation is 1. The lowest BCUT2D eigenvalue weighted by molar-refractivity contribution is -0.129. The first kappa shape index (κ1) is 18.2. The molecule has 0 bridgehead atoms. The fraction of sp³-hybridized carbons (Fsp3) is 0.400. The average molecular weight is 349 g/mol. The Hall–Kier alpha value is -3.17. The van der Waals surface area contributed by atoms with Crippen LogP contribution in [0.4, 0.5) is 0 Å². The van der Waals surface area contributed by atoms with Crippen molar-refractivity contribution in [3.8, 4) is 0 Å². The molecule has 2 aromatic rings. The fourth-order valence-corrected chi connectivity index (χ4v) is 2.09. The average Bonchev–Trinajstić information content (AvgIpc) is 3.13. The van der Waals surface area contributed by atoms with Crippen molar-refractivity contribution >= 4 is 17.8 Å². The third-order valence-corrected chi connectivity index (χ3v) is 3.49. The zero-order valence-corrected chi connectivity index (χ0v) is 14.4. The lowest BCUT2D eigenvalue weighted by Crippen LogP contribution is -2.27. The summed E-state index contributed by atoms with van der Waals surface area (Å²) in [6, 6.07) is 1.38. The van der Waals surface area contributed by atoms with E-state index in [2.05, 4.69) is 10.3 Å². The van der Waals surface area contributed by atoms with Crippen LogP contribution in [0, 0.1) is 6.92 Å². The summed E-state index contributed by atoms with van der Waals surface area (Å²) < 4.78 is 6.63. The van der Waals surface area contributed by atoms with E-state index >= 15 is 0 Å². The third kappa shape index (κ3) is 4.22. The number of nitrogens with zero attached hydrogens (tertiary/aromatic N) is 5. The maximum Gasteiger partial charge on any atom is 0.339 e. The van der Waals surface area contributed by atoms with E-state index in [0.29, 0.717) is 5.76 Å². The van der Waals surface area contributed by atoms with Crippen LogP contribution >= 0.6 is 0 Å². The summed E-state index contributed by atoms with van der Waals surface area (Å²) in [5.74, 6) is -1.06. The van der Waals surface area contributed by atoms with Gasteiger partial charge in [0.15, 0.2) is 5.69 Å². The minimum atomic E-state index is -1.09. The van der Waals surface area contributed by atoms with Gasteiger partial charge in [-0.15, -0.1) is 5.10 Å². The molecule has 10 nitrogen and oxygen atoms in total. The molecule has 0 radical (unpaired) electrons. The second-order valence-electron chi connectivity index (χ2n) is 5.74. The zero-order chi connectivity index (χ0) is 18.7. The van der Waals surface area contributed by atoms with Crippen molar-refractivity contribution < 1.29 is 23.9 Å². The molecular formula is C15H19N5O5. The van der Waals surface area contributed by atoms with Crippen molar-refractivity contribution in [3.63, 3.8) is 0 Å². The highest BCUT2D eigenvalue weighted by atomic mass is 16.4. The number of aromatic carboxylic acids is 1. The highest BCUT2D eigenvalue weighted by Crippen LogP contribution is 2.16. The standard InChI is InChI=1S/C15H19N5O5/c1-9-11(15(23)24)5-10(25-9)6-19(4)14(22)12-7-20(17-16-12)8-13(21)18(2)3/h5,7H,6,8H2,1-4H3,(H,23,24). The molecule has 2 rings (SSSR count). The van der Waals surface area contributed by atoms with Crippen molar-refractivity contribution in [2.24, 2.45) is 0 Å². The Morgan fingerprint density at radius 3 is 2.52 bits per heavy atom. The molecule has 134 valence electrons. The number of carbonyl (C=O) groups is 3. The van der Waals surface area contributed by atoms with Crippen molar-refractivity contribution in [1.82, 2.24) is 24.8 Å². The van der Waals surface area contributed by atoms with Gasteiger partial charge >= 0.3 is 5.97 Å².